The van der Waals surface area contributed by atoms with Crippen LogP contribution in [0.25, 0.3) is 0 Å². The third-order valence-electron chi connectivity index (χ3n) is 5.19. The van der Waals surface area contributed by atoms with E-state index in [1.165, 1.54) is 17.1 Å². The van der Waals surface area contributed by atoms with Gasteiger partial charge in [0.05, 0.1) is 4.90 Å². The van der Waals surface area contributed by atoms with Gasteiger partial charge in [-0.25, -0.2) is 8.42 Å². The number of carbonyl (C=O) groups is 1. The van der Waals surface area contributed by atoms with Gasteiger partial charge >= 0.3 is 0 Å². The Morgan fingerprint density at radius 1 is 1.08 bits per heavy atom. The van der Waals surface area contributed by atoms with Crippen LogP contribution in [0.4, 0.5) is 5.69 Å². The highest BCUT2D eigenvalue weighted by molar-refractivity contribution is 7.89. The fraction of sp³-hybridized carbons (Fsp3) is 0.611. The SMILES string of the molecule is CN1CCN(S(=O)(=O)c2ccc(NC(=O)CC3CCCC3)cc2)CC1. The summed E-state index contributed by atoms with van der Waals surface area (Å²) in [4.78, 5) is 14.5. The van der Waals surface area contributed by atoms with E-state index in [1.807, 2.05) is 7.05 Å². The Labute approximate surface area is 150 Å². The molecule has 1 aliphatic carbocycles. The number of hydrogen-bond acceptors (Lipinski definition) is 4. The topological polar surface area (TPSA) is 69.7 Å². The lowest BCUT2D eigenvalue weighted by molar-refractivity contribution is -0.117. The minimum Gasteiger partial charge on any atom is -0.326 e. The van der Waals surface area contributed by atoms with Crippen molar-refractivity contribution in [3.05, 3.63) is 24.3 Å². The summed E-state index contributed by atoms with van der Waals surface area (Å²) >= 11 is 0. The predicted molar refractivity (Wildman–Crippen MR) is 97.9 cm³/mol. The molecule has 1 saturated heterocycles. The minimum absolute atomic E-state index is 0.0153. The van der Waals surface area contributed by atoms with Gasteiger partial charge in [-0.3, -0.25) is 4.79 Å². The molecular formula is C18H27N3O3S. The Hall–Kier alpha value is -1.44. The van der Waals surface area contributed by atoms with Crippen LogP contribution in [0.15, 0.2) is 29.2 Å². The van der Waals surface area contributed by atoms with E-state index in [9.17, 15) is 13.2 Å². The zero-order valence-electron chi connectivity index (χ0n) is 14.8. The molecule has 25 heavy (non-hydrogen) atoms. The first-order valence-electron chi connectivity index (χ1n) is 9.04. The van der Waals surface area contributed by atoms with E-state index < -0.39 is 10.0 Å². The molecule has 138 valence electrons. The molecule has 0 unspecified atom stereocenters. The van der Waals surface area contributed by atoms with Crippen molar-refractivity contribution < 1.29 is 13.2 Å². The number of amides is 1. The van der Waals surface area contributed by atoms with Crippen molar-refractivity contribution in [1.82, 2.24) is 9.21 Å². The average molecular weight is 365 g/mol. The first-order valence-corrected chi connectivity index (χ1v) is 10.5. The van der Waals surface area contributed by atoms with Gasteiger partial charge < -0.3 is 10.2 Å². The highest BCUT2D eigenvalue weighted by Crippen LogP contribution is 2.28. The smallest absolute Gasteiger partial charge is 0.243 e. The molecule has 1 aromatic carbocycles. The number of carbonyl (C=O) groups excluding carboxylic acids is 1. The molecule has 1 heterocycles. The van der Waals surface area contributed by atoms with Gasteiger partial charge in [-0.2, -0.15) is 4.31 Å². The summed E-state index contributed by atoms with van der Waals surface area (Å²) in [5.74, 6) is 0.512. The van der Waals surface area contributed by atoms with Crippen molar-refractivity contribution in [3.8, 4) is 0 Å². The van der Waals surface area contributed by atoms with Crippen LogP contribution in [0.5, 0.6) is 0 Å². The quantitative estimate of drug-likeness (QED) is 0.868. The number of nitrogens with one attached hydrogen (secondary N) is 1. The molecule has 0 radical (unpaired) electrons. The summed E-state index contributed by atoms with van der Waals surface area (Å²) in [6.45, 7) is 2.51. The van der Waals surface area contributed by atoms with Gasteiger partial charge in [0.25, 0.3) is 0 Å². The molecule has 7 heteroatoms. The second-order valence-corrected chi connectivity index (χ2v) is 9.07. The zero-order chi connectivity index (χ0) is 17.9. The summed E-state index contributed by atoms with van der Waals surface area (Å²) in [5.41, 5.74) is 0.653. The summed E-state index contributed by atoms with van der Waals surface area (Å²) in [5, 5.41) is 2.88. The van der Waals surface area contributed by atoms with E-state index in [2.05, 4.69) is 10.2 Å². The van der Waals surface area contributed by atoms with Crippen molar-refractivity contribution >= 4 is 21.6 Å². The molecule has 1 saturated carbocycles. The maximum atomic E-state index is 12.7. The molecule has 1 N–H and O–H groups in total. The summed E-state index contributed by atoms with van der Waals surface area (Å²) in [6.07, 6.45) is 5.26. The molecule has 1 amide bonds. The zero-order valence-corrected chi connectivity index (χ0v) is 15.6. The molecule has 0 spiro atoms. The largest absolute Gasteiger partial charge is 0.326 e. The van der Waals surface area contributed by atoms with Crippen LogP contribution in [0, 0.1) is 5.92 Å². The first kappa shape index (κ1) is 18.4. The standard InChI is InChI=1S/C18H27N3O3S/c1-20-10-12-21(13-11-20)25(23,24)17-8-6-16(7-9-17)19-18(22)14-15-4-2-3-5-15/h6-9,15H,2-5,10-14H2,1H3,(H,19,22). The normalized spacial score (nSPS) is 20.7. The molecule has 2 aliphatic rings. The van der Waals surface area contributed by atoms with Gasteiger partial charge in [-0.1, -0.05) is 12.8 Å². The fourth-order valence-electron chi connectivity index (χ4n) is 3.58. The van der Waals surface area contributed by atoms with Crippen molar-refractivity contribution in [3.63, 3.8) is 0 Å². The van der Waals surface area contributed by atoms with Crippen LogP contribution < -0.4 is 5.32 Å². The Balaban J connectivity index is 1.60. The predicted octanol–water partition coefficient (Wildman–Crippen LogP) is 2.14. The van der Waals surface area contributed by atoms with Gasteiger partial charge in [-0.15, -0.1) is 0 Å². The Morgan fingerprint density at radius 3 is 2.28 bits per heavy atom. The number of likely N-dealkylation sites (N-methyl/N-ethyl adjacent to an activating group) is 1. The number of benzene rings is 1. The average Bonchev–Trinajstić information content (AvgIpc) is 3.08. The number of sulfonamides is 1. The highest BCUT2D eigenvalue weighted by atomic mass is 32.2. The van der Waals surface area contributed by atoms with Crippen molar-refractivity contribution in [2.75, 3.05) is 38.5 Å². The van der Waals surface area contributed by atoms with E-state index in [1.54, 1.807) is 24.3 Å². The Kier molecular flexibility index (Phi) is 5.76. The summed E-state index contributed by atoms with van der Waals surface area (Å²) in [7, 11) is -1.46. The molecule has 1 aliphatic heterocycles. The third-order valence-corrected chi connectivity index (χ3v) is 7.10. The van der Waals surface area contributed by atoms with E-state index in [-0.39, 0.29) is 10.8 Å². The Bertz CT molecular complexity index is 689. The summed E-state index contributed by atoms with van der Waals surface area (Å²) in [6, 6.07) is 6.52. The monoisotopic (exact) mass is 365 g/mol. The van der Waals surface area contributed by atoms with Gasteiger partial charge in [0.1, 0.15) is 0 Å². The van der Waals surface area contributed by atoms with Crippen LogP contribution in [-0.2, 0) is 14.8 Å². The third kappa shape index (κ3) is 4.59. The molecule has 0 aromatic heterocycles. The lowest BCUT2D eigenvalue weighted by Gasteiger charge is -2.31. The number of piperazine rings is 1. The van der Waals surface area contributed by atoms with Gasteiger partial charge in [-0.05, 0) is 50.1 Å². The lowest BCUT2D eigenvalue weighted by atomic mass is 10.0. The molecule has 1 aromatic rings. The molecule has 0 bridgehead atoms. The van der Waals surface area contributed by atoms with E-state index in [0.717, 1.165) is 25.9 Å². The van der Waals surface area contributed by atoms with Crippen molar-refractivity contribution in [2.24, 2.45) is 5.92 Å². The second-order valence-electron chi connectivity index (χ2n) is 7.13. The van der Waals surface area contributed by atoms with E-state index in [4.69, 9.17) is 0 Å². The van der Waals surface area contributed by atoms with Crippen LogP contribution in [0.2, 0.25) is 0 Å². The highest BCUT2D eigenvalue weighted by Gasteiger charge is 2.27. The molecular weight excluding hydrogens is 338 g/mol. The van der Waals surface area contributed by atoms with Gasteiger partial charge in [0, 0.05) is 38.3 Å². The minimum atomic E-state index is -3.46. The first-order chi connectivity index (χ1) is 11.9. The van der Waals surface area contributed by atoms with Crippen LogP contribution in [0.3, 0.4) is 0 Å². The molecule has 2 fully saturated rings. The fourth-order valence-corrected chi connectivity index (χ4v) is 5.00. The number of hydrogen-bond donors (Lipinski definition) is 1. The van der Waals surface area contributed by atoms with Crippen molar-refractivity contribution in [2.45, 2.75) is 37.0 Å². The number of nitrogens with zero attached hydrogens (tertiary/aromatic N) is 2. The van der Waals surface area contributed by atoms with Crippen LogP contribution in [-0.4, -0.2) is 56.8 Å². The lowest BCUT2D eigenvalue weighted by Crippen LogP contribution is -2.46. The summed E-state index contributed by atoms with van der Waals surface area (Å²) < 4.78 is 26.9. The Morgan fingerprint density at radius 2 is 1.68 bits per heavy atom. The molecule has 3 rings (SSSR count). The maximum absolute atomic E-state index is 12.7. The molecule has 6 nitrogen and oxygen atoms in total. The van der Waals surface area contributed by atoms with Gasteiger partial charge in [0.15, 0.2) is 0 Å². The van der Waals surface area contributed by atoms with Gasteiger partial charge in [0.2, 0.25) is 15.9 Å². The van der Waals surface area contributed by atoms with Crippen LogP contribution >= 0.6 is 0 Å². The number of anilines is 1. The van der Waals surface area contributed by atoms with Crippen LogP contribution in [0.1, 0.15) is 32.1 Å². The van der Waals surface area contributed by atoms with Crippen molar-refractivity contribution in [1.29, 1.82) is 0 Å². The molecule has 0 atom stereocenters. The van der Waals surface area contributed by atoms with E-state index in [0.29, 0.717) is 31.1 Å². The van der Waals surface area contributed by atoms with E-state index >= 15 is 0 Å². The maximum Gasteiger partial charge on any atom is 0.243 e. The second kappa shape index (κ2) is 7.85. The number of rotatable bonds is 5.